The fourth-order valence-electron chi connectivity index (χ4n) is 2.79. The second kappa shape index (κ2) is 6.43. The molecule has 0 aromatic rings. The Morgan fingerprint density at radius 1 is 1.35 bits per heavy atom. The van der Waals surface area contributed by atoms with E-state index in [1.807, 2.05) is 0 Å². The van der Waals surface area contributed by atoms with Crippen LogP contribution in [0.25, 0.3) is 0 Å². The van der Waals surface area contributed by atoms with E-state index >= 15 is 0 Å². The highest BCUT2D eigenvalue weighted by molar-refractivity contribution is 5.98. The van der Waals surface area contributed by atoms with E-state index in [1.165, 1.54) is 25.2 Å². The summed E-state index contributed by atoms with van der Waals surface area (Å²) in [4.78, 5) is 22.5. The highest BCUT2D eigenvalue weighted by Gasteiger charge is 2.50. The maximum atomic E-state index is 12.7. The van der Waals surface area contributed by atoms with Crippen LogP contribution >= 0.6 is 0 Å². The molecule has 0 aliphatic heterocycles. The van der Waals surface area contributed by atoms with Gasteiger partial charge in [-0.25, -0.2) is 0 Å². The van der Waals surface area contributed by atoms with Crippen molar-refractivity contribution in [2.45, 2.75) is 52.3 Å². The second-order valence-electron chi connectivity index (χ2n) is 6.53. The minimum atomic E-state index is -4.52. The molecule has 1 aliphatic rings. The fourth-order valence-corrected chi connectivity index (χ4v) is 2.79. The number of hydrogen-bond acceptors (Lipinski definition) is 3. The number of carbonyl (C=O) groups is 2. The van der Waals surface area contributed by atoms with Crippen molar-refractivity contribution in [2.75, 3.05) is 0 Å². The number of ketones is 1. The topological polar surface area (TPSA) is 54.4 Å². The summed E-state index contributed by atoms with van der Waals surface area (Å²) in [7, 11) is 0. The van der Waals surface area contributed by atoms with Crippen LogP contribution in [0.3, 0.4) is 0 Å². The molecule has 0 radical (unpaired) electrons. The SMILES string of the molecule is CC1=C(CC(F)(F)F)C(=O)CC(C)(C)C1(O)/C=C/C(C)=C\C=O. The van der Waals surface area contributed by atoms with Crippen LogP contribution in [-0.4, -0.2) is 29.0 Å². The number of carbonyl (C=O) groups excluding carboxylic acids is 2. The van der Waals surface area contributed by atoms with Gasteiger partial charge in [-0.1, -0.05) is 19.9 Å². The standard InChI is InChI=1S/C17H21F3O3/c1-11(6-8-21)5-7-16(23)12(2)13(9-17(18,19)20)14(22)10-15(16,3)4/h5-8,23H,9-10H2,1-4H3/b7-5+,11-6-. The molecular formula is C17H21F3O3. The third kappa shape index (κ3) is 4.19. The van der Waals surface area contributed by atoms with E-state index in [-0.39, 0.29) is 17.6 Å². The van der Waals surface area contributed by atoms with Gasteiger partial charge in [0.2, 0.25) is 0 Å². The first-order chi connectivity index (χ1) is 10.3. The third-order valence-electron chi connectivity index (χ3n) is 4.29. The van der Waals surface area contributed by atoms with Gasteiger partial charge >= 0.3 is 6.18 Å². The quantitative estimate of drug-likeness (QED) is 0.486. The Balaban J connectivity index is 3.42. The number of aldehydes is 1. The van der Waals surface area contributed by atoms with Gasteiger partial charge in [0.05, 0.1) is 6.42 Å². The predicted molar refractivity (Wildman–Crippen MR) is 80.7 cm³/mol. The Morgan fingerprint density at radius 2 is 1.91 bits per heavy atom. The molecule has 1 aliphatic carbocycles. The maximum absolute atomic E-state index is 12.7. The van der Waals surface area contributed by atoms with E-state index in [0.717, 1.165) is 0 Å². The first kappa shape index (κ1) is 19.4. The summed E-state index contributed by atoms with van der Waals surface area (Å²) in [6.45, 7) is 6.23. The highest BCUT2D eigenvalue weighted by Crippen LogP contribution is 2.48. The number of halogens is 3. The Hall–Kier alpha value is -1.69. The molecule has 0 spiro atoms. The summed E-state index contributed by atoms with van der Waals surface area (Å²) in [6, 6.07) is 0. The largest absolute Gasteiger partial charge is 0.393 e. The minimum absolute atomic E-state index is 0.00577. The Labute approximate surface area is 133 Å². The average molecular weight is 330 g/mol. The van der Waals surface area contributed by atoms with Crippen LogP contribution in [0.4, 0.5) is 13.2 Å². The summed E-state index contributed by atoms with van der Waals surface area (Å²) in [5.74, 6) is -0.594. The highest BCUT2D eigenvalue weighted by atomic mass is 19.4. The molecule has 1 atom stereocenters. The van der Waals surface area contributed by atoms with Crippen molar-refractivity contribution in [1.82, 2.24) is 0 Å². The molecule has 6 heteroatoms. The fraction of sp³-hybridized carbons (Fsp3) is 0.529. The van der Waals surface area contributed by atoms with E-state index in [2.05, 4.69) is 0 Å². The molecule has 128 valence electrons. The van der Waals surface area contributed by atoms with Crippen LogP contribution in [-0.2, 0) is 9.59 Å². The van der Waals surface area contributed by atoms with Crippen LogP contribution in [0.15, 0.2) is 34.9 Å². The van der Waals surface area contributed by atoms with E-state index in [4.69, 9.17) is 0 Å². The van der Waals surface area contributed by atoms with Crippen LogP contribution in [0, 0.1) is 5.41 Å². The van der Waals surface area contributed by atoms with Crippen molar-refractivity contribution in [3.63, 3.8) is 0 Å². The lowest BCUT2D eigenvalue weighted by atomic mass is 9.62. The molecule has 0 aromatic carbocycles. The average Bonchev–Trinajstić information content (AvgIpc) is 2.38. The monoisotopic (exact) mass is 330 g/mol. The van der Waals surface area contributed by atoms with Crippen LogP contribution < -0.4 is 0 Å². The Kier molecular flexibility index (Phi) is 5.41. The number of allylic oxidation sites excluding steroid dienone is 4. The molecule has 0 saturated heterocycles. The Bertz CT molecular complexity index is 595. The molecule has 0 amide bonds. The van der Waals surface area contributed by atoms with Gasteiger partial charge in [-0.15, -0.1) is 0 Å². The molecule has 23 heavy (non-hydrogen) atoms. The van der Waals surface area contributed by atoms with Crippen molar-refractivity contribution in [3.8, 4) is 0 Å². The summed E-state index contributed by atoms with van der Waals surface area (Å²) in [6.07, 6.45) is -1.37. The molecule has 1 unspecified atom stereocenters. The van der Waals surface area contributed by atoms with Gasteiger partial charge in [0.25, 0.3) is 0 Å². The predicted octanol–water partition coefficient (Wildman–Crippen LogP) is 3.69. The molecular weight excluding hydrogens is 309 g/mol. The zero-order valence-corrected chi connectivity index (χ0v) is 13.6. The van der Waals surface area contributed by atoms with E-state index < -0.39 is 29.4 Å². The molecule has 1 N–H and O–H groups in total. The van der Waals surface area contributed by atoms with Crippen molar-refractivity contribution in [2.24, 2.45) is 5.41 Å². The molecule has 1 rings (SSSR count). The number of alkyl halides is 3. The number of rotatable bonds is 4. The first-order valence-electron chi connectivity index (χ1n) is 7.18. The summed E-state index contributed by atoms with van der Waals surface area (Å²) >= 11 is 0. The molecule has 0 fully saturated rings. The lowest BCUT2D eigenvalue weighted by Crippen LogP contribution is -2.49. The lowest BCUT2D eigenvalue weighted by Gasteiger charge is -2.45. The molecule has 0 saturated carbocycles. The third-order valence-corrected chi connectivity index (χ3v) is 4.29. The zero-order valence-electron chi connectivity index (χ0n) is 13.6. The molecule has 0 aromatic heterocycles. The second-order valence-corrected chi connectivity index (χ2v) is 6.53. The van der Waals surface area contributed by atoms with Crippen molar-refractivity contribution in [1.29, 1.82) is 0 Å². The van der Waals surface area contributed by atoms with Crippen LogP contribution in [0.2, 0.25) is 0 Å². The normalized spacial score (nSPS) is 26.1. The van der Waals surface area contributed by atoms with Crippen LogP contribution in [0.1, 0.15) is 40.5 Å². The van der Waals surface area contributed by atoms with Crippen molar-refractivity contribution < 1.29 is 27.9 Å². The maximum Gasteiger partial charge on any atom is 0.393 e. The number of hydrogen-bond donors (Lipinski definition) is 1. The van der Waals surface area contributed by atoms with Gasteiger partial charge in [-0.2, -0.15) is 13.2 Å². The minimum Gasteiger partial charge on any atom is -0.381 e. The number of aliphatic hydroxyl groups is 1. The van der Waals surface area contributed by atoms with Gasteiger partial charge in [-0.3, -0.25) is 9.59 Å². The van der Waals surface area contributed by atoms with Crippen molar-refractivity contribution in [3.05, 3.63) is 34.9 Å². The van der Waals surface area contributed by atoms with Gasteiger partial charge in [0.15, 0.2) is 5.78 Å². The van der Waals surface area contributed by atoms with Gasteiger partial charge in [0.1, 0.15) is 11.9 Å². The van der Waals surface area contributed by atoms with Gasteiger partial charge < -0.3 is 5.11 Å². The summed E-state index contributed by atoms with van der Waals surface area (Å²) < 4.78 is 38.1. The molecule has 0 bridgehead atoms. The summed E-state index contributed by atoms with van der Waals surface area (Å²) in [5, 5.41) is 11.0. The van der Waals surface area contributed by atoms with Gasteiger partial charge in [0, 0.05) is 17.4 Å². The van der Waals surface area contributed by atoms with Crippen molar-refractivity contribution >= 4 is 12.1 Å². The summed E-state index contributed by atoms with van der Waals surface area (Å²) in [5.41, 5.74) is -2.49. The smallest absolute Gasteiger partial charge is 0.381 e. The van der Waals surface area contributed by atoms with E-state index in [1.54, 1.807) is 20.8 Å². The van der Waals surface area contributed by atoms with Gasteiger partial charge in [-0.05, 0) is 37.1 Å². The number of Topliss-reactive ketones (excluding diaryl/α,β-unsaturated/α-hetero) is 1. The molecule has 0 heterocycles. The lowest BCUT2D eigenvalue weighted by molar-refractivity contribution is -0.138. The van der Waals surface area contributed by atoms with Crippen LogP contribution in [0.5, 0.6) is 0 Å². The first-order valence-corrected chi connectivity index (χ1v) is 7.18. The zero-order chi connectivity index (χ0) is 18.1. The van der Waals surface area contributed by atoms with E-state index in [9.17, 15) is 27.9 Å². The molecule has 3 nitrogen and oxygen atoms in total. The van der Waals surface area contributed by atoms with E-state index in [0.29, 0.717) is 11.9 Å². The Morgan fingerprint density at radius 3 is 2.39 bits per heavy atom.